The maximum absolute atomic E-state index is 12.0. The summed E-state index contributed by atoms with van der Waals surface area (Å²) in [7, 11) is 1.48. The van der Waals surface area contributed by atoms with Crippen LogP contribution in [0.4, 0.5) is 0 Å². The first-order valence-electron chi connectivity index (χ1n) is 5.90. The van der Waals surface area contributed by atoms with Crippen molar-refractivity contribution in [2.45, 2.75) is 0 Å². The third-order valence-corrected chi connectivity index (χ3v) is 2.72. The summed E-state index contributed by atoms with van der Waals surface area (Å²) >= 11 is 0. The van der Waals surface area contributed by atoms with E-state index in [1.165, 1.54) is 31.4 Å². The van der Waals surface area contributed by atoms with Gasteiger partial charge in [-0.3, -0.25) is 4.79 Å². The molecule has 4 nitrogen and oxygen atoms in total. The summed E-state index contributed by atoms with van der Waals surface area (Å²) in [5.74, 6) is 0.0759. The summed E-state index contributed by atoms with van der Waals surface area (Å²) in [6, 6.07) is 11.8. The number of hydrogen-bond donors (Lipinski definition) is 2. The highest BCUT2D eigenvalue weighted by atomic mass is 16.5. The lowest BCUT2D eigenvalue weighted by Crippen LogP contribution is -1.95. The summed E-state index contributed by atoms with van der Waals surface area (Å²) in [6.45, 7) is 0. The molecule has 2 N–H and O–H groups in total. The number of rotatable bonds is 4. The minimum atomic E-state index is -0.321. The number of phenolic OH excluding ortho intramolecular Hbond substituents is 2. The van der Waals surface area contributed by atoms with Crippen molar-refractivity contribution in [3.63, 3.8) is 0 Å². The molecule has 0 aliphatic heterocycles. The second kappa shape index (κ2) is 5.93. The SMILES string of the molecule is COc1ccc(C(=O)/C=C/c2c[c]c(O)cc2)c(O)c1. The van der Waals surface area contributed by atoms with Gasteiger partial charge in [0.05, 0.1) is 12.7 Å². The largest absolute Gasteiger partial charge is 0.507 e. The second-order valence-electron chi connectivity index (χ2n) is 4.09. The van der Waals surface area contributed by atoms with Crippen molar-refractivity contribution in [1.29, 1.82) is 0 Å². The van der Waals surface area contributed by atoms with Crippen LogP contribution in [0, 0.1) is 6.07 Å². The quantitative estimate of drug-likeness (QED) is 0.661. The number of allylic oxidation sites excluding steroid dienone is 1. The lowest BCUT2D eigenvalue weighted by molar-refractivity contribution is 0.104. The van der Waals surface area contributed by atoms with Crippen molar-refractivity contribution in [1.82, 2.24) is 0 Å². The van der Waals surface area contributed by atoms with Gasteiger partial charge in [0.15, 0.2) is 5.78 Å². The van der Waals surface area contributed by atoms with Gasteiger partial charge < -0.3 is 14.9 Å². The average molecular weight is 269 g/mol. The van der Waals surface area contributed by atoms with E-state index in [9.17, 15) is 9.90 Å². The Bertz CT molecular complexity index is 642. The Labute approximate surface area is 116 Å². The summed E-state index contributed by atoms with van der Waals surface area (Å²) in [4.78, 5) is 12.0. The molecule has 0 aromatic heterocycles. The fourth-order valence-electron chi connectivity index (χ4n) is 1.64. The van der Waals surface area contributed by atoms with E-state index in [0.717, 1.165) is 5.56 Å². The molecule has 4 heteroatoms. The van der Waals surface area contributed by atoms with E-state index in [1.54, 1.807) is 24.3 Å². The molecule has 0 aliphatic carbocycles. The van der Waals surface area contributed by atoms with Crippen LogP contribution in [0.25, 0.3) is 6.08 Å². The number of carbonyl (C=O) groups excluding carboxylic acids is 1. The average Bonchev–Trinajstić information content (AvgIpc) is 2.46. The van der Waals surface area contributed by atoms with Crippen molar-refractivity contribution >= 4 is 11.9 Å². The molecule has 0 fully saturated rings. The summed E-state index contributed by atoms with van der Waals surface area (Å²) in [5.41, 5.74) is 0.925. The van der Waals surface area contributed by atoms with Crippen LogP contribution >= 0.6 is 0 Å². The Balaban J connectivity index is 2.17. The van der Waals surface area contributed by atoms with E-state index < -0.39 is 0 Å². The number of aromatic hydroxyl groups is 2. The van der Waals surface area contributed by atoms with Gasteiger partial charge in [0.25, 0.3) is 0 Å². The topological polar surface area (TPSA) is 66.8 Å². The van der Waals surface area contributed by atoms with E-state index in [0.29, 0.717) is 5.75 Å². The normalized spacial score (nSPS) is 10.7. The molecule has 2 rings (SSSR count). The van der Waals surface area contributed by atoms with Crippen molar-refractivity contribution in [3.8, 4) is 17.2 Å². The van der Waals surface area contributed by atoms with Gasteiger partial charge in [-0.15, -0.1) is 0 Å². The predicted molar refractivity (Wildman–Crippen MR) is 75.0 cm³/mol. The zero-order valence-corrected chi connectivity index (χ0v) is 10.8. The smallest absolute Gasteiger partial charge is 0.189 e. The molecule has 0 spiro atoms. The Kier molecular flexibility index (Phi) is 4.05. The summed E-state index contributed by atoms with van der Waals surface area (Å²) < 4.78 is 4.95. The van der Waals surface area contributed by atoms with E-state index in [4.69, 9.17) is 9.84 Å². The Hall–Kier alpha value is -2.75. The number of methoxy groups -OCH3 is 1. The van der Waals surface area contributed by atoms with Crippen LogP contribution in [0.5, 0.6) is 17.2 Å². The molecule has 0 unspecified atom stereocenters. The van der Waals surface area contributed by atoms with Crippen molar-refractivity contribution in [3.05, 3.63) is 59.7 Å². The van der Waals surface area contributed by atoms with Gasteiger partial charge in [0, 0.05) is 12.1 Å². The molecule has 0 saturated heterocycles. The molecule has 0 aliphatic rings. The summed E-state index contributed by atoms with van der Waals surface area (Å²) in [5, 5.41) is 18.9. The van der Waals surface area contributed by atoms with E-state index in [2.05, 4.69) is 6.07 Å². The number of ether oxygens (including phenoxy) is 1. The first-order chi connectivity index (χ1) is 9.60. The number of ketones is 1. The molecule has 0 amide bonds. The molecular weight excluding hydrogens is 256 g/mol. The van der Waals surface area contributed by atoms with Crippen LogP contribution in [0.1, 0.15) is 15.9 Å². The highest BCUT2D eigenvalue weighted by Gasteiger charge is 2.09. The summed E-state index contributed by atoms with van der Waals surface area (Å²) in [6.07, 6.45) is 2.93. The van der Waals surface area contributed by atoms with E-state index in [-0.39, 0.29) is 22.8 Å². The fraction of sp³-hybridized carbons (Fsp3) is 0.0625. The fourth-order valence-corrected chi connectivity index (χ4v) is 1.64. The first kappa shape index (κ1) is 13.7. The van der Waals surface area contributed by atoms with Gasteiger partial charge in [0.1, 0.15) is 17.2 Å². The van der Waals surface area contributed by atoms with Gasteiger partial charge in [-0.05, 0) is 35.9 Å². The number of phenols is 2. The van der Waals surface area contributed by atoms with Crippen LogP contribution in [0.15, 0.2) is 42.5 Å². The first-order valence-corrected chi connectivity index (χ1v) is 5.90. The predicted octanol–water partition coefficient (Wildman–Crippen LogP) is 2.80. The zero-order chi connectivity index (χ0) is 14.5. The van der Waals surface area contributed by atoms with Crippen LogP contribution in [0.2, 0.25) is 0 Å². The Morgan fingerprint density at radius 3 is 2.65 bits per heavy atom. The minimum absolute atomic E-state index is 0.0428. The minimum Gasteiger partial charge on any atom is -0.507 e. The van der Waals surface area contributed by atoms with E-state index >= 15 is 0 Å². The lowest BCUT2D eigenvalue weighted by Gasteiger charge is -2.03. The van der Waals surface area contributed by atoms with Gasteiger partial charge in [-0.25, -0.2) is 0 Å². The molecule has 0 saturated carbocycles. The van der Waals surface area contributed by atoms with Crippen LogP contribution < -0.4 is 4.74 Å². The molecule has 2 aromatic rings. The van der Waals surface area contributed by atoms with Gasteiger partial charge in [0.2, 0.25) is 0 Å². The number of hydrogen-bond acceptors (Lipinski definition) is 4. The van der Waals surface area contributed by atoms with Gasteiger partial charge in [-0.2, -0.15) is 0 Å². The van der Waals surface area contributed by atoms with Crippen LogP contribution in [0.3, 0.4) is 0 Å². The van der Waals surface area contributed by atoms with Crippen LogP contribution in [-0.4, -0.2) is 23.1 Å². The third-order valence-electron chi connectivity index (χ3n) is 2.72. The second-order valence-corrected chi connectivity index (χ2v) is 4.09. The molecule has 20 heavy (non-hydrogen) atoms. The molecule has 101 valence electrons. The highest BCUT2D eigenvalue weighted by molar-refractivity contribution is 6.08. The Morgan fingerprint density at radius 1 is 1.25 bits per heavy atom. The standard InChI is InChI=1S/C16H13O4/c1-20-13-7-8-14(16(19)10-13)15(18)9-4-11-2-5-12(17)6-3-11/h2-5,7-10,17,19H,1H3/b9-4+. The van der Waals surface area contributed by atoms with E-state index in [1.807, 2.05) is 0 Å². The zero-order valence-electron chi connectivity index (χ0n) is 10.8. The van der Waals surface area contributed by atoms with Crippen molar-refractivity contribution in [2.24, 2.45) is 0 Å². The third kappa shape index (κ3) is 3.17. The lowest BCUT2D eigenvalue weighted by atomic mass is 10.1. The highest BCUT2D eigenvalue weighted by Crippen LogP contribution is 2.24. The Morgan fingerprint density at radius 2 is 2.05 bits per heavy atom. The molecule has 0 heterocycles. The molecule has 0 bridgehead atoms. The van der Waals surface area contributed by atoms with Crippen molar-refractivity contribution in [2.75, 3.05) is 7.11 Å². The molecule has 0 atom stereocenters. The number of benzene rings is 2. The van der Waals surface area contributed by atoms with Gasteiger partial charge >= 0.3 is 0 Å². The monoisotopic (exact) mass is 269 g/mol. The van der Waals surface area contributed by atoms with Crippen LogP contribution in [-0.2, 0) is 0 Å². The molecular formula is C16H13O4. The molecule has 1 radical (unpaired) electrons. The van der Waals surface area contributed by atoms with Crippen molar-refractivity contribution < 1.29 is 19.7 Å². The van der Waals surface area contributed by atoms with Gasteiger partial charge in [-0.1, -0.05) is 12.1 Å². The maximum Gasteiger partial charge on any atom is 0.189 e. The maximum atomic E-state index is 12.0. The number of carbonyl (C=O) groups is 1. The molecule has 2 aromatic carbocycles.